The van der Waals surface area contributed by atoms with Crippen molar-refractivity contribution < 1.29 is 9.53 Å². The first-order chi connectivity index (χ1) is 12.0. The van der Waals surface area contributed by atoms with E-state index < -0.39 is 0 Å². The highest BCUT2D eigenvalue weighted by molar-refractivity contribution is 5.88. The first-order valence-electron chi connectivity index (χ1n) is 8.29. The number of carbonyl (C=O) groups excluding carboxylic acids is 1. The summed E-state index contributed by atoms with van der Waals surface area (Å²) in [7, 11) is 3.71. The fraction of sp³-hybridized carbons (Fsp3) is 0.389. The number of carbonyl (C=O) groups is 1. The van der Waals surface area contributed by atoms with Crippen molar-refractivity contribution in [1.82, 2.24) is 14.9 Å². The van der Waals surface area contributed by atoms with Crippen molar-refractivity contribution in [2.75, 3.05) is 37.4 Å². The van der Waals surface area contributed by atoms with Gasteiger partial charge in [-0.2, -0.15) is 4.98 Å². The molecule has 1 aromatic heterocycles. The summed E-state index contributed by atoms with van der Waals surface area (Å²) in [5, 5.41) is 2.85. The van der Waals surface area contributed by atoms with Crippen LogP contribution in [-0.4, -0.2) is 54.2 Å². The molecule has 0 spiro atoms. The summed E-state index contributed by atoms with van der Waals surface area (Å²) < 4.78 is 6.00. The van der Waals surface area contributed by atoms with E-state index in [1.807, 2.05) is 51.4 Å². The van der Waals surface area contributed by atoms with Crippen LogP contribution in [0.4, 0.5) is 16.6 Å². The summed E-state index contributed by atoms with van der Waals surface area (Å²) in [6, 6.07) is 11.5. The van der Waals surface area contributed by atoms with Crippen LogP contribution in [0.1, 0.15) is 18.6 Å². The topological polar surface area (TPSA) is 70.6 Å². The SMILES string of the molecule is CC1CN(C(=O)Nc2ccnc(N(C)C)n2)CC(c2ccccc2)O1. The molecule has 0 aliphatic carbocycles. The molecule has 1 aromatic carbocycles. The molecule has 1 aliphatic rings. The first kappa shape index (κ1) is 17.2. The number of nitrogens with zero attached hydrogens (tertiary/aromatic N) is 4. The number of benzene rings is 1. The molecule has 2 unspecified atom stereocenters. The monoisotopic (exact) mass is 341 g/mol. The van der Waals surface area contributed by atoms with E-state index >= 15 is 0 Å². The van der Waals surface area contributed by atoms with Gasteiger partial charge in [0.15, 0.2) is 0 Å². The molecule has 0 saturated carbocycles. The first-order valence-corrected chi connectivity index (χ1v) is 8.29. The Bertz CT molecular complexity index is 722. The molecule has 0 radical (unpaired) electrons. The Kier molecular flexibility index (Phi) is 5.14. The quantitative estimate of drug-likeness (QED) is 0.929. The van der Waals surface area contributed by atoms with Crippen LogP contribution in [0.15, 0.2) is 42.6 Å². The number of hydrogen-bond donors (Lipinski definition) is 1. The van der Waals surface area contributed by atoms with Crippen molar-refractivity contribution in [1.29, 1.82) is 0 Å². The maximum Gasteiger partial charge on any atom is 0.323 e. The van der Waals surface area contributed by atoms with Gasteiger partial charge in [-0.3, -0.25) is 5.32 Å². The van der Waals surface area contributed by atoms with Gasteiger partial charge in [0.05, 0.1) is 12.6 Å². The minimum absolute atomic E-state index is 0.0348. The highest BCUT2D eigenvalue weighted by Gasteiger charge is 2.29. The Morgan fingerprint density at radius 3 is 2.72 bits per heavy atom. The van der Waals surface area contributed by atoms with Crippen LogP contribution in [-0.2, 0) is 4.74 Å². The average molecular weight is 341 g/mol. The Hall–Kier alpha value is -2.67. The van der Waals surface area contributed by atoms with Crippen molar-refractivity contribution in [3.63, 3.8) is 0 Å². The number of nitrogens with one attached hydrogen (secondary N) is 1. The predicted molar refractivity (Wildman–Crippen MR) is 96.7 cm³/mol. The molecule has 1 N–H and O–H groups in total. The van der Waals surface area contributed by atoms with E-state index in [0.29, 0.717) is 24.9 Å². The summed E-state index contributed by atoms with van der Waals surface area (Å²) in [6.45, 7) is 3.02. The lowest BCUT2D eigenvalue weighted by Crippen LogP contribution is -2.47. The predicted octanol–water partition coefficient (Wildman–Crippen LogP) is 2.54. The Labute approximate surface area is 147 Å². The molecule has 0 bridgehead atoms. The Morgan fingerprint density at radius 1 is 1.24 bits per heavy atom. The number of morpholine rings is 1. The largest absolute Gasteiger partial charge is 0.367 e. The zero-order valence-electron chi connectivity index (χ0n) is 14.7. The summed E-state index contributed by atoms with van der Waals surface area (Å²) in [4.78, 5) is 24.7. The third-order valence-corrected chi connectivity index (χ3v) is 4.00. The second-order valence-electron chi connectivity index (χ2n) is 6.32. The van der Waals surface area contributed by atoms with Gasteiger partial charge in [0.25, 0.3) is 0 Å². The Balaban J connectivity index is 1.70. The number of rotatable bonds is 3. The molecule has 2 heterocycles. The normalized spacial score (nSPS) is 20.2. The van der Waals surface area contributed by atoms with Gasteiger partial charge < -0.3 is 14.5 Å². The average Bonchev–Trinajstić information content (AvgIpc) is 2.62. The summed E-state index contributed by atoms with van der Waals surface area (Å²) in [5.74, 6) is 1.04. The van der Waals surface area contributed by atoms with E-state index in [4.69, 9.17) is 4.74 Å². The van der Waals surface area contributed by atoms with Gasteiger partial charge in [0.2, 0.25) is 5.95 Å². The summed E-state index contributed by atoms with van der Waals surface area (Å²) in [5.41, 5.74) is 1.07. The maximum absolute atomic E-state index is 12.7. The molecule has 2 atom stereocenters. The highest BCUT2D eigenvalue weighted by atomic mass is 16.5. The van der Waals surface area contributed by atoms with E-state index in [1.165, 1.54) is 0 Å². The van der Waals surface area contributed by atoms with Gasteiger partial charge in [0, 0.05) is 26.8 Å². The number of urea groups is 1. The van der Waals surface area contributed by atoms with Crippen molar-refractivity contribution in [3.8, 4) is 0 Å². The van der Waals surface area contributed by atoms with Gasteiger partial charge in [0.1, 0.15) is 11.9 Å². The number of ether oxygens (including phenoxy) is 1. The van der Waals surface area contributed by atoms with Crippen molar-refractivity contribution in [2.45, 2.75) is 19.1 Å². The highest BCUT2D eigenvalue weighted by Crippen LogP contribution is 2.25. The molecule has 7 nitrogen and oxygen atoms in total. The lowest BCUT2D eigenvalue weighted by atomic mass is 10.1. The fourth-order valence-corrected chi connectivity index (χ4v) is 2.79. The fourth-order valence-electron chi connectivity index (χ4n) is 2.79. The third kappa shape index (κ3) is 4.24. The number of hydrogen-bond acceptors (Lipinski definition) is 5. The van der Waals surface area contributed by atoms with E-state index in [-0.39, 0.29) is 18.2 Å². The molecule has 1 aliphatic heterocycles. The number of anilines is 2. The molecular weight excluding hydrogens is 318 g/mol. The lowest BCUT2D eigenvalue weighted by molar-refractivity contribution is -0.0642. The molecule has 2 aromatic rings. The van der Waals surface area contributed by atoms with Crippen LogP contribution in [0.2, 0.25) is 0 Å². The van der Waals surface area contributed by atoms with Crippen molar-refractivity contribution in [3.05, 3.63) is 48.2 Å². The molecule has 1 fully saturated rings. The van der Waals surface area contributed by atoms with Crippen molar-refractivity contribution in [2.24, 2.45) is 0 Å². The molecule has 1 saturated heterocycles. The minimum Gasteiger partial charge on any atom is -0.367 e. The smallest absolute Gasteiger partial charge is 0.323 e. The molecule has 3 rings (SSSR count). The van der Waals surface area contributed by atoms with Crippen LogP contribution in [0.5, 0.6) is 0 Å². The number of amides is 2. The van der Waals surface area contributed by atoms with Gasteiger partial charge in [-0.05, 0) is 18.6 Å². The van der Waals surface area contributed by atoms with Crippen LogP contribution in [0.25, 0.3) is 0 Å². The lowest BCUT2D eigenvalue weighted by Gasteiger charge is -2.36. The second-order valence-corrected chi connectivity index (χ2v) is 6.32. The molecule has 25 heavy (non-hydrogen) atoms. The maximum atomic E-state index is 12.7. The third-order valence-electron chi connectivity index (χ3n) is 4.00. The van der Waals surface area contributed by atoms with Gasteiger partial charge in [-0.1, -0.05) is 30.3 Å². The van der Waals surface area contributed by atoms with E-state index in [1.54, 1.807) is 22.1 Å². The molecule has 7 heteroatoms. The minimum atomic E-state index is -0.181. The van der Waals surface area contributed by atoms with Crippen molar-refractivity contribution >= 4 is 17.8 Å². The van der Waals surface area contributed by atoms with E-state index in [2.05, 4.69) is 15.3 Å². The molecular formula is C18H23N5O2. The van der Waals surface area contributed by atoms with Gasteiger partial charge >= 0.3 is 6.03 Å². The van der Waals surface area contributed by atoms with Crippen LogP contribution in [0, 0.1) is 0 Å². The standard InChI is InChI=1S/C18H23N5O2/c1-13-11-23(12-15(25-13)14-7-5-4-6-8-14)18(24)21-16-9-10-19-17(20-16)22(2)3/h4-10,13,15H,11-12H2,1-3H3,(H,19,20,21,24). The van der Waals surface area contributed by atoms with Crippen LogP contribution >= 0.6 is 0 Å². The molecule has 132 valence electrons. The summed E-state index contributed by atoms with van der Waals surface area (Å²) >= 11 is 0. The Morgan fingerprint density at radius 2 is 2.00 bits per heavy atom. The molecule has 2 amide bonds. The zero-order valence-corrected chi connectivity index (χ0v) is 14.7. The second kappa shape index (κ2) is 7.48. The van der Waals surface area contributed by atoms with Gasteiger partial charge in [-0.25, -0.2) is 9.78 Å². The summed E-state index contributed by atoms with van der Waals surface area (Å²) in [6.07, 6.45) is 1.47. The van der Waals surface area contributed by atoms with Crippen LogP contribution < -0.4 is 10.2 Å². The van der Waals surface area contributed by atoms with E-state index in [0.717, 1.165) is 5.56 Å². The zero-order chi connectivity index (χ0) is 17.8. The number of aromatic nitrogens is 2. The van der Waals surface area contributed by atoms with E-state index in [9.17, 15) is 4.79 Å². The van der Waals surface area contributed by atoms with Crippen LogP contribution in [0.3, 0.4) is 0 Å². The van der Waals surface area contributed by atoms with Gasteiger partial charge in [-0.15, -0.1) is 0 Å².